The number of furan rings is 2. The third-order valence-electron chi connectivity index (χ3n) is 11.2. The molecule has 0 aliphatic carbocycles. The lowest BCUT2D eigenvalue weighted by Crippen LogP contribution is -2.11. The van der Waals surface area contributed by atoms with E-state index in [4.69, 9.17) is 8.83 Å². The predicted octanol–water partition coefficient (Wildman–Crippen LogP) is 15.3. The Morgan fingerprint density at radius 1 is 0.339 bits per heavy atom. The second kappa shape index (κ2) is 12.6. The minimum absolute atomic E-state index is 0.816. The van der Waals surface area contributed by atoms with Crippen molar-refractivity contribution in [1.82, 2.24) is 0 Å². The highest BCUT2D eigenvalue weighted by atomic mass is 16.3. The maximum absolute atomic E-state index is 6.82. The Hall–Kier alpha value is -7.30. The monoisotopic (exact) mass is 720 g/mol. The molecule has 0 saturated heterocycles. The molecule has 0 saturated carbocycles. The Labute approximate surface area is 324 Å². The molecular weight excluding hydrogens is 685 g/mol. The summed E-state index contributed by atoms with van der Waals surface area (Å²) in [5.41, 5.74) is 12.5. The highest BCUT2D eigenvalue weighted by Crippen LogP contribution is 2.44. The first kappa shape index (κ1) is 32.2. The Balaban J connectivity index is 1.05. The minimum Gasteiger partial charge on any atom is -0.456 e. The number of aryl methyl sites for hydroxylation is 2. The lowest BCUT2D eigenvalue weighted by molar-refractivity contribution is 0.663. The summed E-state index contributed by atoms with van der Waals surface area (Å²) in [5, 5.41) is 8.77. The zero-order valence-electron chi connectivity index (χ0n) is 31.0. The number of fused-ring (bicyclic) bond motifs is 9. The minimum atomic E-state index is 0.816. The summed E-state index contributed by atoms with van der Waals surface area (Å²) in [5.74, 6) is 0. The van der Waals surface area contributed by atoms with Gasteiger partial charge in [0.05, 0.1) is 5.39 Å². The summed E-state index contributed by atoms with van der Waals surface area (Å²) in [4.78, 5) is 4.65. The van der Waals surface area contributed by atoms with E-state index < -0.39 is 0 Å². The van der Waals surface area contributed by atoms with E-state index in [0.717, 1.165) is 99.5 Å². The number of anilines is 6. The summed E-state index contributed by atoms with van der Waals surface area (Å²) >= 11 is 0. The number of nitrogens with zero attached hydrogens (tertiary/aromatic N) is 2. The Bertz CT molecular complexity index is 3290. The van der Waals surface area contributed by atoms with Crippen LogP contribution in [0.2, 0.25) is 0 Å². The van der Waals surface area contributed by atoms with Crippen molar-refractivity contribution >= 4 is 99.5 Å². The fourth-order valence-corrected chi connectivity index (χ4v) is 8.47. The lowest BCUT2D eigenvalue weighted by atomic mass is 10.0. The van der Waals surface area contributed by atoms with E-state index in [0.29, 0.717) is 0 Å². The number of rotatable bonds is 6. The smallest absolute Gasteiger partial charge is 0.147 e. The molecular formula is C52H36N2O2. The Kier molecular flexibility index (Phi) is 7.26. The van der Waals surface area contributed by atoms with Gasteiger partial charge in [0.15, 0.2) is 0 Å². The van der Waals surface area contributed by atoms with Crippen molar-refractivity contribution < 1.29 is 8.83 Å². The molecule has 0 radical (unpaired) electrons. The maximum atomic E-state index is 6.82. The molecule has 0 unspecified atom stereocenters. The molecule has 4 nitrogen and oxygen atoms in total. The van der Waals surface area contributed by atoms with E-state index in [1.165, 1.54) is 11.1 Å². The van der Waals surface area contributed by atoms with E-state index in [2.05, 4.69) is 206 Å². The maximum Gasteiger partial charge on any atom is 0.147 e. The zero-order chi connectivity index (χ0) is 37.3. The number of hydrogen-bond acceptors (Lipinski definition) is 4. The van der Waals surface area contributed by atoms with Gasteiger partial charge < -0.3 is 18.6 Å². The molecule has 2 heterocycles. The lowest BCUT2D eigenvalue weighted by Gasteiger charge is -2.27. The largest absolute Gasteiger partial charge is 0.456 e. The zero-order valence-corrected chi connectivity index (χ0v) is 31.0. The third-order valence-corrected chi connectivity index (χ3v) is 11.2. The van der Waals surface area contributed by atoms with Gasteiger partial charge in [-0.15, -0.1) is 0 Å². The number of para-hydroxylation sites is 4. The van der Waals surface area contributed by atoms with Crippen molar-refractivity contribution in [2.75, 3.05) is 9.80 Å². The molecule has 0 bridgehead atoms. The van der Waals surface area contributed by atoms with Crippen molar-refractivity contribution in [3.8, 4) is 0 Å². The summed E-state index contributed by atoms with van der Waals surface area (Å²) in [6, 6.07) is 64.7. The van der Waals surface area contributed by atoms with Crippen molar-refractivity contribution in [1.29, 1.82) is 0 Å². The molecule has 0 fully saturated rings. The first-order valence-electron chi connectivity index (χ1n) is 19.1. The van der Waals surface area contributed by atoms with E-state index in [9.17, 15) is 0 Å². The van der Waals surface area contributed by atoms with Crippen LogP contribution >= 0.6 is 0 Å². The predicted molar refractivity (Wildman–Crippen MR) is 235 cm³/mol. The average molecular weight is 721 g/mol. The van der Waals surface area contributed by atoms with Gasteiger partial charge in [-0.05, 0) is 144 Å². The molecule has 11 rings (SSSR count). The van der Waals surface area contributed by atoms with Crippen molar-refractivity contribution in [3.05, 3.63) is 193 Å². The average Bonchev–Trinajstić information content (AvgIpc) is 3.78. The molecule has 0 spiro atoms. The van der Waals surface area contributed by atoms with E-state index in [1.807, 2.05) is 0 Å². The second-order valence-corrected chi connectivity index (χ2v) is 14.7. The molecule has 11 aromatic rings. The van der Waals surface area contributed by atoms with Gasteiger partial charge in [-0.25, -0.2) is 0 Å². The van der Waals surface area contributed by atoms with Crippen LogP contribution in [0.25, 0.3) is 65.4 Å². The molecule has 0 atom stereocenters. The number of benzene rings is 9. The summed E-state index contributed by atoms with van der Waals surface area (Å²) in [6.07, 6.45) is 0. The fraction of sp³-hybridized carbons (Fsp3) is 0.0385. The summed E-state index contributed by atoms with van der Waals surface area (Å²) in [7, 11) is 0. The van der Waals surface area contributed by atoms with Crippen LogP contribution in [0.1, 0.15) is 11.1 Å². The van der Waals surface area contributed by atoms with Gasteiger partial charge in [-0.3, -0.25) is 0 Å². The number of hydrogen-bond donors (Lipinski definition) is 0. The highest BCUT2D eigenvalue weighted by molar-refractivity contribution is 6.24. The molecule has 0 N–H and O–H groups in total. The van der Waals surface area contributed by atoms with Crippen LogP contribution in [-0.4, -0.2) is 0 Å². The first-order chi connectivity index (χ1) is 27.6. The standard InChI is InChI=1S/C52H36N2O2/c1-33-13-9-11-19-46(33)53(39-15-5-3-6-16-39)41-23-21-35-29-44-43-25-26-48-51(52(43)56-49(44)31-37(35)27-41)45-30-36-22-24-42(28-38(36)32-50(45)55-48)54(40-17-7-4-8-18-40)47-20-12-10-14-34(47)2/h3-32H,1-2H3. The first-order valence-corrected chi connectivity index (χ1v) is 19.1. The van der Waals surface area contributed by atoms with Gasteiger partial charge in [0.1, 0.15) is 22.3 Å². The molecule has 0 aliphatic rings. The molecule has 4 heteroatoms. The van der Waals surface area contributed by atoms with Crippen molar-refractivity contribution in [3.63, 3.8) is 0 Å². The molecule has 266 valence electrons. The molecule has 0 amide bonds. The normalized spacial score (nSPS) is 11.8. The van der Waals surface area contributed by atoms with E-state index in [1.54, 1.807) is 0 Å². The summed E-state index contributed by atoms with van der Waals surface area (Å²) < 4.78 is 13.4. The molecule has 2 aromatic heterocycles. The van der Waals surface area contributed by atoms with Crippen molar-refractivity contribution in [2.45, 2.75) is 13.8 Å². The highest BCUT2D eigenvalue weighted by Gasteiger charge is 2.20. The topological polar surface area (TPSA) is 32.8 Å². The Morgan fingerprint density at radius 3 is 1.39 bits per heavy atom. The van der Waals surface area contributed by atoms with Crippen LogP contribution in [-0.2, 0) is 0 Å². The van der Waals surface area contributed by atoms with Crippen LogP contribution in [0.5, 0.6) is 0 Å². The third kappa shape index (κ3) is 5.14. The van der Waals surface area contributed by atoms with Gasteiger partial charge in [0, 0.05) is 50.3 Å². The van der Waals surface area contributed by atoms with Gasteiger partial charge in [0.2, 0.25) is 0 Å². The Morgan fingerprint density at radius 2 is 0.839 bits per heavy atom. The van der Waals surface area contributed by atoms with Gasteiger partial charge in [-0.1, -0.05) is 84.9 Å². The van der Waals surface area contributed by atoms with Crippen LogP contribution in [0, 0.1) is 13.8 Å². The van der Waals surface area contributed by atoms with Gasteiger partial charge in [0.25, 0.3) is 0 Å². The van der Waals surface area contributed by atoms with Crippen LogP contribution in [0.3, 0.4) is 0 Å². The van der Waals surface area contributed by atoms with Crippen LogP contribution in [0.4, 0.5) is 34.1 Å². The van der Waals surface area contributed by atoms with Gasteiger partial charge in [-0.2, -0.15) is 0 Å². The van der Waals surface area contributed by atoms with Gasteiger partial charge >= 0.3 is 0 Å². The van der Waals surface area contributed by atoms with E-state index >= 15 is 0 Å². The quantitative estimate of drug-likeness (QED) is 0.171. The van der Waals surface area contributed by atoms with Crippen LogP contribution < -0.4 is 9.80 Å². The van der Waals surface area contributed by atoms with E-state index in [-0.39, 0.29) is 0 Å². The molecule has 56 heavy (non-hydrogen) atoms. The summed E-state index contributed by atoms with van der Waals surface area (Å²) in [6.45, 7) is 4.33. The second-order valence-electron chi connectivity index (χ2n) is 14.7. The molecule has 9 aromatic carbocycles. The molecule has 0 aliphatic heterocycles. The van der Waals surface area contributed by atoms with Crippen molar-refractivity contribution in [2.24, 2.45) is 0 Å². The SMILES string of the molecule is Cc1ccccc1N(c1ccccc1)c1ccc2cc3c(cc2c1)oc1c3ccc2oc3cc4cc(N(c5ccccc5)c5ccccc5C)ccc4cc3c21. The van der Waals surface area contributed by atoms with Crippen LogP contribution in [0.15, 0.2) is 191 Å². The fourth-order valence-electron chi connectivity index (χ4n) is 8.47.